The van der Waals surface area contributed by atoms with Crippen molar-refractivity contribution < 1.29 is 9.21 Å². The number of rotatable bonds is 8. The number of thioether (sulfide) groups is 1. The number of carbonyl (C=O) groups excluding carboxylic acids is 1. The standard InChI is InChI=1S/C21H25N7O2S/c1-14-15(2)27(13-17-8-5-10-30-17)20(18(14)12-22)23-19(29)9-11-31-21-24-25-26-28(21)16-6-3-4-7-16/h5,8,10,16H,3-4,6-7,9,11,13H2,1-2H3,(H,23,29). The number of carbonyl (C=O) groups is 1. The van der Waals surface area contributed by atoms with Crippen molar-refractivity contribution in [3.63, 3.8) is 0 Å². The quantitative estimate of drug-likeness (QED) is 0.530. The average Bonchev–Trinajstić information content (AvgIpc) is 3.55. The maximum Gasteiger partial charge on any atom is 0.226 e. The third-order valence-corrected chi connectivity index (χ3v) is 6.72. The van der Waals surface area contributed by atoms with Crippen molar-refractivity contribution in [2.45, 2.75) is 63.7 Å². The molecule has 0 unspecified atom stereocenters. The molecule has 3 aromatic rings. The Labute approximate surface area is 184 Å². The summed E-state index contributed by atoms with van der Waals surface area (Å²) in [6.07, 6.45) is 6.50. The van der Waals surface area contributed by atoms with Crippen LogP contribution in [0.5, 0.6) is 0 Å². The van der Waals surface area contributed by atoms with Gasteiger partial charge in [0.05, 0.1) is 24.4 Å². The highest BCUT2D eigenvalue weighted by molar-refractivity contribution is 7.99. The van der Waals surface area contributed by atoms with Gasteiger partial charge in [-0.3, -0.25) is 4.79 Å². The number of nitrogens with zero attached hydrogens (tertiary/aromatic N) is 6. The molecule has 1 fully saturated rings. The Morgan fingerprint density at radius 3 is 2.90 bits per heavy atom. The fourth-order valence-electron chi connectivity index (χ4n) is 3.97. The molecule has 0 saturated heterocycles. The van der Waals surface area contributed by atoms with Crippen LogP contribution in [0.15, 0.2) is 28.0 Å². The van der Waals surface area contributed by atoms with Crippen LogP contribution >= 0.6 is 11.8 Å². The van der Waals surface area contributed by atoms with Crippen LogP contribution in [0.3, 0.4) is 0 Å². The minimum Gasteiger partial charge on any atom is -0.467 e. The molecule has 1 N–H and O–H groups in total. The first-order valence-electron chi connectivity index (χ1n) is 10.4. The third-order valence-electron chi connectivity index (χ3n) is 5.79. The van der Waals surface area contributed by atoms with Gasteiger partial charge in [-0.1, -0.05) is 24.6 Å². The molecule has 0 aromatic carbocycles. The third kappa shape index (κ3) is 4.51. The van der Waals surface area contributed by atoms with E-state index in [1.807, 2.05) is 35.2 Å². The smallest absolute Gasteiger partial charge is 0.226 e. The van der Waals surface area contributed by atoms with Gasteiger partial charge >= 0.3 is 0 Å². The zero-order valence-corrected chi connectivity index (χ0v) is 18.5. The minimum absolute atomic E-state index is 0.151. The largest absolute Gasteiger partial charge is 0.467 e. The molecular weight excluding hydrogens is 414 g/mol. The first kappa shape index (κ1) is 21.2. The molecule has 1 amide bonds. The zero-order chi connectivity index (χ0) is 21.8. The molecule has 0 radical (unpaired) electrons. The molecule has 10 heteroatoms. The summed E-state index contributed by atoms with van der Waals surface area (Å²) in [5.74, 6) is 1.67. The van der Waals surface area contributed by atoms with Crippen molar-refractivity contribution in [1.29, 1.82) is 5.26 Å². The molecule has 9 nitrogen and oxygen atoms in total. The van der Waals surface area contributed by atoms with Gasteiger partial charge in [-0.05, 0) is 54.8 Å². The SMILES string of the molecule is Cc1c(C#N)c(NC(=O)CCSc2nnnn2C2CCCC2)n(Cc2ccco2)c1C. The van der Waals surface area contributed by atoms with Gasteiger partial charge < -0.3 is 14.3 Å². The summed E-state index contributed by atoms with van der Waals surface area (Å²) >= 11 is 1.48. The molecule has 4 rings (SSSR count). The van der Waals surface area contributed by atoms with Gasteiger partial charge in [-0.25, -0.2) is 4.68 Å². The van der Waals surface area contributed by atoms with Crippen molar-refractivity contribution in [1.82, 2.24) is 24.8 Å². The molecule has 3 aromatic heterocycles. The monoisotopic (exact) mass is 439 g/mol. The fourth-order valence-corrected chi connectivity index (χ4v) is 4.86. The van der Waals surface area contributed by atoms with E-state index in [1.165, 1.54) is 24.6 Å². The second kappa shape index (κ2) is 9.39. The van der Waals surface area contributed by atoms with E-state index in [2.05, 4.69) is 26.9 Å². The highest BCUT2D eigenvalue weighted by Gasteiger charge is 2.23. The van der Waals surface area contributed by atoms with Gasteiger partial charge in [0, 0.05) is 17.9 Å². The number of nitriles is 1. The fraction of sp³-hybridized carbons (Fsp3) is 0.476. The predicted molar refractivity (Wildman–Crippen MR) is 116 cm³/mol. The molecule has 3 heterocycles. The Morgan fingerprint density at radius 2 is 2.19 bits per heavy atom. The molecule has 1 saturated carbocycles. The normalized spacial score (nSPS) is 14.1. The number of nitrogens with one attached hydrogen (secondary N) is 1. The second-order valence-corrected chi connectivity index (χ2v) is 8.76. The van der Waals surface area contributed by atoms with Crippen LogP contribution < -0.4 is 5.32 Å². The number of amides is 1. The maximum absolute atomic E-state index is 12.7. The Morgan fingerprint density at radius 1 is 1.39 bits per heavy atom. The van der Waals surface area contributed by atoms with Gasteiger partial charge in [0.2, 0.25) is 11.1 Å². The van der Waals surface area contributed by atoms with E-state index < -0.39 is 0 Å². The van der Waals surface area contributed by atoms with Crippen LogP contribution in [0.2, 0.25) is 0 Å². The number of anilines is 1. The summed E-state index contributed by atoms with van der Waals surface area (Å²) in [5, 5.41) is 25.4. The summed E-state index contributed by atoms with van der Waals surface area (Å²) in [6, 6.07) is 6.28. The van der Waals surface area contributed by atoms with Gasteiger partial charge in [0.25, 0.3) is 0 Å². The predicted octanol–water partition coefficient (Wildman–Crippen LogP) is 3.84. The number of furan rings is 1. The van der Waals surface area contributed by atoms with Crippen LogP contribution in [-0.4, -0.2) is 36.4 Å². The molecule has 0 atom stereocenters. The number of hydrogen-bond acceptors (Lipinski definition) is 7. The highest BCUT2D eigenvalue weighted by atomic mass is 32.2. The molecule has 0 spiro atoms. The first-order chi connectivity index (χ1) is 15.1. The van der Waals surface area contributed by atoms with Crippen LogP contribution in [-0.2, 0) is 11.3 Å². The Bertz CT molecular complexity index is 1090. The molecule has 31 heavy (non-hydrogen) atoms. The summed E-state index contributed by atoms with van der Waals surface area (Å²) in [4.78, 5) is 12.7. The lowest BCUT2D eigenvalue weighted by molar-refractivity contribution is -0.115. The molecule has 1 aliphatic rings. The topological polar surface area (TPSA) is 115 Å². The Balaban J connectivity index is 1.41. The lowest BCUT2D eigenvalue weighted by atomic mass is 10.2. The van der Waals surface area contributed by atoms with Crippen LogP contribution in [0, 0.1) is 25.2 Å². The maximum atomic E-state index is 12.7. The van der Waals surface area contributed by atoms with Crippen molar-refractivity contribution in [3.05, 3.63) is 41.0 Å². The summed E-state index contributed by atoms with van der Waals surface area (Å²) in [6.45, 7) is 4.27. The van der Waals surface area contributed by atoms with Gasteiger partial charge in [0.1, 0.15) is 17.6 Å². The first-order valence-corrected chi connectivity index (χ1v) is 11.4. The molecule has 0 aliphatic heterocycles. The zero-order valence-electron chi connectivity index (χ0n) is 17.7. The van der Waals surface area contributed by atoms with Crippen LogP contribution in [0.1, 0.15) is 60.7 Å². The summed E-state index contributed by atoms with van der Waals surface area (Å²) < 4.78 is 9.26. The molecule has 1 aliphatic carbocycles. The molecule has 162 valence electrons. The van der Waals surface area contributed by atoms with Gasteiger partial charge in [-0.2, -0.15) is 5.26 Å². The van der Waals surface area contributed by atoms with E-state index >= 15 is 0 Å². The Kier molecular flexibility index (Phi) is 6.42. The van der Waals surface area contributed by atoms with Gasteiger partial charge in [0.15, 0.2) is 0 Å². The van der Waals surface area contributed by atoms with Crippen molar-refractivity contribution in [3.8, 4) is 6.07 Å². The van der Waals surface area contributed by atoms with Crippen molar-refractivity contribution in [2.24, 2.45) is 0 Å². The second-order valence-electron chi connectivity index (χ2n) is 7.70. The summed E-state index contributed by atoms with van der Waals surface area (Å²) in [5.41, 5.74) is 2.26. The van der Waals surface area contributed by atoms with Crippen LogP contribution in [0.25, 0.3) is 0 Å². The van der Waals surface area contributed by atoms with E-state index in [-0.39, 0.29) is 12.3 Å². The van der Waals surface area contributed by atoms with Crippen molar-refractivity contribution in [2.75, 3.05) is 11.1 Å². The lowest BCUT2D eigenvalue weighted by Crippen LogP contribution is -2.17. The summed E-state index contributed by atoms with van der Waals surface area (Å²) in [7, 11) is 0. The number of hydrogen-bond donors (Lipinski definition) is 1. The Hall–Kier alpha value is -3.06. The number of aromatic nitrogens is 5. The van der Waals surface area contributed by atoms with E-state index in [0.29, 0.717) is 29.7 Å². The number of tetrazole rings is 1. The average molecular weight is 440 g/mol. The molecular formula is C21H25N7O2S. The van der Waals surface area contributed by atoms with E-state index in [4.69, 9.17) is 4.42 Å². The minimum atomic E-state index is -0.151. The lowest BCUT2D eigenvalue weighted by Gasteiger charge is -2.12. The van der Waals surface area contributed by atoms with E-state index in [0.717, 1.165) is 35.0 Å². The van der Waals surface area contributed by atoms with Crippen molar-refractivity contribution >= 4 is 23.5 Å². The van der Waals surface area contributed by atoms with Gasteiger partial charge in [-0.15, -0.1) is 5.10 Å². The molecule has 0 bridgehead atoms. The highest BCUT2D eigenvalue weighted by Crippen LogP contribution is 2.32. The van der Waals surface area contributed by atoms with Crippen LogP contribution in [0.4, 0.5) is 5.82 Å². The van der Waals surface area contributed by atoms with E-state index in [1.54, 1.807) is 6.26 Å². The van der Waals surface area contributed by atoms with E-state index in [9.17, 15) is 10.1 Å².